The van der Waals surface area contributed by atoms with Crippen LogP contribution >= 0.6 is 0 Å². The summed E-state index contributed by atoms with van der Waals surface area (Å²) in [5.74, 6) is -0.0526. The molecule has 2 aromatic rings. The molecule has 0 fully saturated rings. The van der Waals surface area contributed by atoms with E-state index in [0.29, 0.717) is 12.8 Å². The number of hydrogen-bond acceptors (Lipinski definition) is 3. The molecule has 0 bridgehead atoms. The average molecular weight is 389 g/mol. The van der Waals surface area contributed by atoms with Crippen molar-refractivity contribution in [3.63, 3.8) is 0 Å². The number of rotatable bonds is 7. The first kappa shape index (κ1) is 21.1. The van der Waals surface area contributed by atoms with Gasteiger partial charge in [-0.15, -0.1) is 0 Å². The van der Waals surface area contributed by atoms with Gasteiger partial charge in [-0.3, -0.25) is 4.79 Å². The number of carbonyl (C=O) groups excluding carboxylic acids is 1. The third-order valence-corrected chi connectivity index (χ3v) is 5.88. The minimum atomic E-state index is -3.49. The smallest absolute Gasteiger partial charge is 0.240 e. The lowest BCUT2D eigenvalue weighted by Gasteiger charge is -2.13. The summed E-state index contributed by atoms with van der Waals surface area (Å²) in [5.41, 5.74) is 5.06. The summed E-state index contributed by atoms with van der Waals surface area (Å²) in [5, 5.41) is 2.99. The Morgan fingerprint density at radius 3 is 2.07 bits per heavy atom. The van der Waals surface area contributed by atoms with Crippen molar-refractivity contribution in [1.29, 1.82) is 0 Å². The van der Waals surface area contributed by atoms with E-state index in [-0.39, 0.29) is 16.8 Å². The third-order valence-electron chi connectivity index (χ3n) is 4.21. The predicted molar refractivity (Wildman–Crippen MR) is 110 cm³/mol. The molecule has 6 heteroatoms. The largest absolute Gasteiger partial charge is 0.326 e. The first-order valence-corrected chi connectivity index (χ1v) is 10.6. The second kappa shape index (κ2) is 8.67. The van der Waals surface area contributed by atoms with Crippen LogP contribution in [0.4, 0.5) is 5.69 Å². The van der Waals surface area contributed by atoms with E-state index in [9.17, 15) is 13.2 Å². The Morgan fingerprint density at radius 1 is 1.00 bits per heavy atom. The van der Waals surface area contributed by atoms with Crippen molar-refractivity contribution in [2.24, 2.45) is 0 Å². The number of amides is 1. The summed E-state index contributed by atoms with van der Waals surface area (Å²) >= 11 is 0. The van der Waals surface area contributed by atoms with Gasteiger partial charge < -0.3 is 5.32 Å². The van der Waals surface area contributed by atoms with Crippen molar-refractivity contribution in [1.82, 2.24) is 4.72 Å². The fourth-order valence-corrected chi connectivity index (χ4v) is 4.30. The Morgan fingerprint density at radius 2 is 1.56 bits per heavy atom. The van der Waals surface area contributed by atoms with E-state index in [1.54, 1.807) is 38.1 Å². The summed E-state index contributed by atoms with van der Waals surface area (Å²) in [6, 6.07) is 10.6. The Bertz CT molecular complexity index is 894. The van der Waals surface area contributed by atoms with Gasteiger partial charge in [-0.2, -0.15) is 0 Å². The molecule has 27 heavy (non-hydrogen) atoms. The molecule has 0 aromatic heterocycles. The van der Waals surface area contributed by atoms with Crippen LogP contribution < -0.4 is 10.0 Å². The van der Waals surface area contributed by atoms with E-state index in [1.807, 2.05) is 32.9 Å². The zero-order chi connectivity index (χ0) is 20.2. The lowest BCUT2D eigenvalue weighted by atomic mass is 10.0. The number of hydrogen-bond donors (Lipinski definition) is 2. The molecule has 2 rings (SSSR count). The first-order chi connectivity index (χ1) is 12.6. The van der Waals surface area contributed by atoms with Gasteiger partial charge in [0.05, 0.1) is 4.90 Å². The van der Waals surface area contributed by atoms with Crippen molar-refractivity contribution < 1.29 is 13.2 Å². The Balaban J connectivity index is 1.98. The lowest BCUT2D eigenvalue weighted by Crippen LogP contribution is -2.30. The van der Waals surface area contributed by atoms with E-state index in [2.05, 4.69) is 10.0 Å². The zero-order valence-corrected chi connectivity index (χ0v) is 17.4. The highest BCUT2D eigenvalue weighted by atomic mass is 32.2. The quantitative estimate of drug-likeness (QED) is 0.756. The van der Waals surface area contributed by atoms with Gasteiger partial charge in [0.1, 0.15) is 0 Å². The molecule has 2 aromatic carbocycles. The predicted octanol–water partition coefficient (Wildman–Crippen LogP) is 3.87. The number of anilines is 1. The Kier molecular flexibility index (Phi) is 6.78. The fourth-order valence-electron chi connectivity index (χ4n) is 3.05. The van der Waals surface area contributed by atoms with E-state index < -0.39 is 10.0 Å². The van der Waals surface area contributed by atoms with Gasteiger partial charge in [-0.25, -0.2) is 13.1 Å². The molecule has 0 spiro atoms. The summed E-state index contributed by atoms with van der Waals surface area (Å²) < 4.78 is 26.8. The molecule has 0 aliphatic heterocycles. The minimum Gasteiger partial charge on any atom is -0.326 e. The van der Waals surface area contributed by atoms with Gasteiger partial charge in [-0.1, -0.05) is 29.8 Å². The Labute approximate surface area is 162 Å². The number of carbonyl (C=O) groups is 1. The van der Waals surface area contributed by atoms with Gasteiger partial charge in [-0.05, 0) is 69.9 Å². The molecule has 1 amide bonds. The van der Waals surface area contributed by atoms with Crippen molar-refractivity contribution >= 4 is 21.6 Å². The van der Waals surface area contributed by atoms with Crippen LogP contribution in [-0.2, 0) is 21.2 Å². The molecule has 0 heterocycles. The van der Waals surface area contributed by atoms with Crippen LogP contribution in [0.2, 0.25) is 0 Å². The van der Waals surface area contributed by atoms with Crippen molar-refractivity contribution in [2.75, 3.05) is 5.32 Å². The standard InChI is InChI=1S/C21H28N2O3S/c1-14(2)23-27(25,26)19-9-6-18(7-10-19)8-11-20(24)22-21-16(4)12-15(3)13-17(21)5/h6-7,9-10,12-14,23H,8,11H2,1-5H3,(H,22,24). The summed E-state index contributed by atoms with van der Waals surface area (Å²) in [6.07, 6.45) is 0.886. The van der Waals surface area contributed by atoms with Crippen molar-refractivity contribution in [2.45, 2.75) is 58.4 Å². The van der Waals surface area contributed by atoms with Crippen LogP contribution in [-0.4, -0.2) is 20.4 Å². The van der Waals surface area contributed by atoms with E-state index >= 15 is 0 Å². The normalized spacial score (nSPS) is 11.6. The fraction of sp³-hybridized carbons (Fsp3) is 0.381. The molecule has 0 saturated heterocycles. The number of sulfonamides is 1. The molecule has 146 valence electrons. The molecule has 2 N–H and O–H groups in total. The lowest BCUT2D eigenvalue weighted by molar-refractivity contribution is -0.116. The zero-order valence-electron chi connectivity index (χ0n) is 16.6. The van der Waals surface area contributed by atoms with Crippen molar-refractivity contribution in [3.8, 4) is 0 Å². The number of nitrogens with one attached hydrogen (secondary N) is 2. The molecule has 0 unspecified atom stereocenters. The van der Waals surface area contributed by atoms with Crippen LogP contribution in [0, 0.1) is 20.8 Å². The van der Waals surface area contributed by atoms with Gasteiger partial charge in [0.25, 0.3) is 0 Å². The topological polar surface area (TPSA) is 75.3 Å². The van der Waals surface area contributed by atoms with E-state index in [1.165, 1.54) is 5.56 Å². The second-order valence-electron chi connectivity index (χ2n) is 7.24. The molecule has 5 nitrogen and oxygen atoms in total. The van der Waals surface area contributed by atoms with Crippen LogP contribution in [0.15, 0.2) is 41.3 Å². The highest BCUT2D eigenvalue weighted by Crippen LogP contribution is 2.22. The molecule has 0 radical (unpaired) electrons. The average Bonchev–Trinajstić information content (AvgIpc) is 2.55. The SMILES string of the molecule is Cc1cc(C)c(NC(=O)CCc2ccc(S(=O)(=O)NC(C)C)cc2)c(C)c1. The number of aryl methyl sites for hydroxylation is 4. The van der Waals surface area contributed by atoms with Crippen molar-refractivity contribution in [3.05, 3.63) is 58.7 Å². The van der Waals surface area contributed by atoms with E-state index in [4.69, 9.17) is 0 Å². The van der Waals surface area contributed by atoms with Gasteiger partial charge >= 0.3 is 0 Å². The molecule has 0 aliphatic carbocycles. The molecule has 0 atom stereocenters. The highest BCUT2D eigenvalue weighted by molar-refractivity contribution is 7.89. The summed E-state index contributed by atoms with van der Waals surface area (Å²) in [4.78, 5) is 12.5. The van der Waals surface area contributed by atoms with Crippen LogP contribution in [0.25, 0.3) is 0 Å². The first-order valence-electron chi connectivity index (χ1n) is 9.07. The van der Waals surface area contributed by atoms with Crippen LogP contribution in [0.1, 0.15) is 42.5 Å². The number of benzene rings is 2. The minimum absolute atomic E-state index is 0.0526. The third kappa shape index (κ3) is 5.91. The summed E-state index contributed by atoms with van der Waals surface area (Å²) in [7, 11) is -3.49. The molecule has 0 aliphatic rings. The second-order valence-corrected chi connectivity index (χ2v) is 8.96. The maximum atomic E-state index is 12.3. The Hall–Kier alpha value is -2.18. The maximum absolute atomic E-state index is 12.3. The molecule has 0 saturated carbocycles. The highest BCUT2D eigenvalue weighted by Gasteiger charge is 2.15. The summed E-state index contributed by atoms with van der Waals surface area (Å²) in [6.45, 7) is 9.57. The van der Waals surface area contributed by atoms with Gasteiger partial charge in [0.2, 0.25) is 15.9 Å². The van der Waals surface area contributed by atoms with Gasteiger partial charge in [0, 0.05) is 18.2 Å². The van der Waals surface area contributed by atoms with E-state index in [0.717, 1.165) is 22.4 Å². The molecular weight excluding hydrogens is 360 g/mol. The molecular formula is C21H28N2O3S. The van der Waals surface area contributed by atoms with Crippen LogP contribution in [0.3, 0.4) is 0 Å². The van der Waals surface area contributed by atoms with Gasteiger partial charge in [0.15, 0.2) is 0 Å². The maximum Gasteiger partial charge on any atom is 0.240 e. The van der Waals surface area contributed by atoms with Crippen LogP contribution in [0.5, 0.6) is 0 Å². The monoisotopic (exact) mass is 388 g/mol.